The first-order valence-electron chi connectivity index (χ1n) is 9.51. The molecule has 0 radical (unpaired) electrons. The van der Waals surface area contributed by atoms with Gasteiger partial charge in [-0.25, -0.2) is 14.6 Å². The summed E-state index contributed by atoms with van der Waals surface area (Å²) >= 11 is 1.50. The van der Waals surface area contributed by atoms with Crippen LogP contribution in [0.25, 0.3) is 10.6 Å². The van der Waals surface area contributed by atoms with Gasteiger partial charge in [-0.3, -0.25) is 4.79 Å². The van der Waals surface area contributed by atoms with Crippen LogP contribution < -0.4 is 0 Å². The van der Waals surface area contributed by atoms with E-state index < -0.39 is 6.10 Å². The van der Waals surface area contributed by atoms with Crippen molar-refractivity contribution in [3.8, 4) is 10.6 Å². The van der Waals surface area contributed by atoms with Crippen LogP contribution >= 0.6 is 11.3 Å². The summed E-state index contributed by atoms with van der Waals surface area (Å²) in [7, 11) is 0. The Morgan fingerprint density at radius 3 is 2.68 bits per heavy atom. The zero-order chi connectivity index (χ0) is 19.1. The number of nitrogens with zero attached hydrogens (tertiary/aromatic N) is 5. The Labute approximate surface area is 166 Å². The van der Waals surface area contributed by atoms with Crippen molar-refractivity contribution < 1.29 is 9.90 Å². The van der Waals surface area contributed by atoms with Crippen LogP contribution in [0.3, 0.4) is 0 Å². The van der Waals surface area contributed by atoms with Crippen LogP contribution in [0.15, 0.2) is 48.4 Å². The SMILES string of the molecule is O=C(c1csc(-c2ccccc2)n1)N1C[C@H]2C[C@@H](n3cncn3)[C@H](O)C[C@H]2C1. The smallest absolute Gasteiger partial charge is 0.273 e. The fourth-order valence-corrected chi connectivity index (χ4v) is 5.29. The minimum Gasteiger partial charge on any atom is -0.391 e. The van der Waals surface area contributed by atoms with Crippen molar-refractivity contribution in [2.45, 2.75) is 25.0 Å². The van der Waals surface area contributed by atoms with E-state index in [1.54, 1.807) is 11.0 Å². The highest BCUT2D eigenvalue weighted by atomic mass is 32.1. The number of aliphatic hydroxyl groups excluding tert-OH is 1. The maximum atomic E-state index is 13.0. The molecule has 3 heterocycles. The van der Waals surface area contributed by atoms with Crippen LogP contribution in [-0.4, -0.2) is 54.9 Å². The Bertz CT molecular complexity index is 958. The van der Waals surface area contributed by atoms with E-state index in [-0.39, 0.29) is 11.9 Å². The second-order valence-corrected chi connectivity index (χ2v) is 8.47. The molecule has 144 valence electrons. The van der Waals surface area contributed by atoms with Gasteiger partial charge >= 0.3 is 0 Å². The summed E-state index contributed by atoms with van der Waals surface area (Å²) in [4.78, 5) is 23.5. The lowest BCUT2D eigenvalue weighted by Crippen LogP contribution is -2.36. The maximum Gasteiger partial charge on any atom is 0.273 e. The highest BCUT2D eigenvalue weighted by molar-refractivity contribution is 7.13. The molecule has 0 bridgehead atoms. The standard InChI is InChI=1S/C20H21N5O2S/c26-18-7-15-9-24(8-14(15)6-17(18)25-12-21-11-22-25)20(27)16-10-28-19(23-16)13-4-2-1-3-5-13/h1-5,10-12,14-15,17-18,26H,6-9H2/t14-,15+,17-,18-/m1/s1. The average molecular weight is 395 g/mol. The number of hydrogen-bond acceptors (Lipinski definition) is 6. The van der Waals surface area contributed by atoms with Gasteiger partial charge in [0, 0.05) is 24.0 Å². The number of rotatable bonds is 3. The average Bonchev–Trinajstić information content (AvgIpc) is 3.47. The summed E-state index contributed by atoms with van der Waals surface area (Å²) in [6, 6.07) is 9.85. The van der Waals surface area contributed by atoms with Crippen molar-refractivity contribution >= 4 is 17.2 Å². The number of amides is 1. The van der Waals surface area contributed by atoms with Gasteiger partial charge < -0.3 is 10.0 Å². The van der Waals surface area contributed by atoms with Crippen molar-refractivity contribution in [1.29, 1.82) is 0 Å². The predicted octanol–water partition coefficient (Wildman–Crippen LogP) is 2.49. The van der Waals surface area contributed by atoms with Crippen molar-refractivity contribution in [3.63, 3.8) is 0 Å². The molecule has 7 nitrogen and oxygen atoms in total. The molecule has 2 aliphatic rings. The molecular weight excluding hydrogens is 374 g/mol. The number of carbonyl (C=O) groups excluding carboxylic acids is 1. The van der Waals surface area contributed by atoms with E-state index in [0.717, 1.165) is 17.0 Å². The Hall–Kier alpha value is -2.58. The van der Waals surface area contributed by atoms with Gasteiger partial charge in [-0.15, -0.1) is 11.3 Å². The molecule has 8 heteroatoms. The molecule has 1 aliphatic heterocycles. The topological polar surface area (TPSA) is 84.1 Å². The number of carbonyl (C=O) groups is 1. The zero-order valence-corrected chi connectivity index (χ0v) is 16.1. The van der Waals surface area contributed by atoms with Gasteiger partial charge in [-0.2, -0.15) is 5.10 Å². The lowest BCUT2D eigenvalue weighted by molar-refractivity contribution is 0.0304. The third kappa shape index (κ3) is 3.12. The quantitative estimate of drug-likeness (QED) is 0.737. The molecule has 1 saturated heterocycles. The highest BCUT2D eigenvalue weighted by Crippen LogP contribution is 2.41. The van der Waals surface area contributed by atoms with Gasteiger partial charge in [0.05, 0.1) is 12.1 Å². The summed E-state index contributed by atoms with van der Waals surface area (Å²) in [6.45, 7) is 1.39. The van der Waals surface area contributed by atoms with E-state index in [1.165, 1.54) is 17.7 Å². The van der Waals surface area contributed by atoms with Gasteiger partial charge in [0.25, 0.3) is 5.91 Å². The van der Waals surface area contributed by atoms with Gasteiger partial charge in [0.2, 0.25) is 0 Å². The largest absolute Gasteiger partial charge is 0.391 e. The third-order valence-electron chi connectivity index (χ3n) is 5.92. The molecule has 3 aromatic rings. The Morgan fingerprint density at radius 1 is 1.14 bits per heavy atom. The molecule has 1 saturated carbocycles. The molecule has 2 fully saturated rings. The van der Waals surface area contributed by atoms with Crippen LogP contribution in [0, 0.1) is 11.8 Å². The van der Waals surface area contributed by atoms with Crippen molar-refractivity contribution in [2.75, 3.05) is 13.1 Å². The monoisotopic (exact) mass is 395 g/mol. The van der Waals surface area contributed by atoms with Crippen LogP contribution in [0.1, 0.15) is 29.4 Å². The molecule has 1 amide bonds. The number of fused-ring (bicyclic) bond motifs is 1. The Balaban J connectivity index is 1.30. The van der Waals surface area contributed by atoms with Crippen molar-refractivity contribution in [1.82, 2.24) is 24.6 Å². The van der Waals surface area contributed by atoms with Gasteiger partial charge in [0.15, 0.2) is 0 Å². The minimum absolute atomic E-state index is 0.0142. The number of likely N-dealkylation sites (tertiary alicyclic amines) is 1. The summed E-state index contributed by atoms with van der Waals surface area (Å²) in [5, 5.41) is 17.5. The lowest BCUT2D eigenvalue weighted by atomic mass is 9.77. The highest BCUT2D eigenvalue weighted by Gasteiger charge is 2.44. The van der Waals surface area contributed by atoms with E-state index in [2.05, 4.69) is 15.1 Å². The number of aromatic nitrogens is 4. The first kappa shape index (κ1) is 17.5. The second kappa shape index (κ2) is 7.10. The molecule has 28 heavy (non-hydrogen) atoms. The number of hydrogen-bond donors (Lipinski definition) is 1. The second-order valence-electron chi connectivity index (χ2n) is 7.62. The molecule has 1 aromatic carbocycles. The first-order chi connectivity index (χ1) is 13.7. The minimum atomic E-state index is -0.457. The molecule has 2 aromatic heterocycles. The normalized spacial score (nSPS) is 27.0. The molecule has 1 aliphatic carbocycles. The molecule has 0 unspecified atom stereocenters. The maximum absolute atomic E-state index is 13.0. The molecule has 5 rings (SSSR count). The number of aliphatic hydroxyl groups is 1. The van der Waals surface area contributed by atoms with E-state index in [1.807, 2.05) is 40.6 Å². The van der Waals surface area contributed by atoms with Crippen LogP contribution in [0.2, 0.25) is 0 Å². The predicted molar refractivity (Wildman–Crippen MR) is 105 cm³/mol. The zero-order valence-electron chi connectivity index (χ0n) is 15.3. The molecular formula is C20H21N5O2S. The molecule has 1 N–H and O–H groups in total. The van der Waals surface area contributed by atoms with E-state index >= 15 is 0 Å². The van der Waals surface area contributed by atoms with Crippen LogP contribution in [0.4, 0.5) is 0 Å². The summed E-state index contributed by atoms with van der Waals surface area (Å²) in [5.41, 5.74) is 1.54. The summed E-state index contributed by atoms with van der Waals surface area (Å²) in [5.74, 6) is 0.680. The number of benzene rings is 1. The van der Waals surface area contributed by atoms with Gasteiger partial charge in [-0.1, -0.05) is 30.3 Å². The van der Waals surface area contributed by atoms with Gasteiger partial charge in [-0.05, 0) is 24.7 Å². The molecule has 4 atom stereocenters. The van der Waals surface area contributed by atoms with Crippen molar-refractivity contribution in [3.05, 3.63) is 54.1 Å². The Morgan fingerprint density at radius 2 is 1.93 bits per heavy atom. The van der Waals surface area contributed by atoms with E-state index in [9.17, 15) is 9.90 Å². The fraction of sp³-hybridized carbons (Fsp3) is 0.400. The van der Waals surface area contributed by atoms with E-state index in [4.69, 9.17) is 0 Å². The Kier molecular flexibility index (Phi) is 4.44. The van der Waals surface area contributed by atoms with E-state index in [0.29, 0.717) is 37.0 Å². The van der Waals surface area contributed by atoms with Crippen LogP contribution in [-0.2, 0) is 0 Å². The lowest BCUT2D eigenvalue weighted by Gasteiger charge is -2.34. The van der Waals surface area contributed by atoms with Crippen LogP contribution in [0.5, 0.6) is 0 Å². The third-order valence-corrected chi connectivity index (χ3v) is 6.81. The first-order valence-corrected chi connectivity index (χ1v) is 10.4. The number of thiazole rings is 1. The van der Waals surface area contributed by atoms with Crippen molar-refractivity contribution in [2.24, 2.45) is 11.8 Å². The summed E-state index contributed by atoms with van der Waals surface area (Å²) < 4.78 is 1.75. The summed E-state index contributed by atoms with van der Waals surface area (Å²) in [6.07, 6.45) is 4.20. The fourth-order valence-electron chi connectivity index (χ4n) is 4.49. The van der Waals surface area contributed by atoms with Gasteiger partial charge in [0.1, 0.15) is 23.4 Å². The molecule has 0 spiro atoms.